The number of aryl methyl sites for hydroxylation is 1. The Labute approximate surface area is 103 Å². The Morgan fingerprint density at radius 1 is 1.53 bits per heavy atom. The van der Waals surface area contributed by atoms with E-state index in [1.54, 1.807) is 30.3 Å². The molecule has 0 unspecified atom stereocenters. The molecule has 0 amide bonds. The molecule has 0 saturated carbocycles. The quantitative estimate of drug-likeness (QED) is 0.728. The van der Waals surface area contributed by atoms with E-state index in [-0.39, 0.29) is 4.99 Å². The Bertz CT molecular complexity index is 536. The van der Waals surface area contributed by atoms with Gasteiger partial charge in [-0.1, -0.05) is 12.2 Å². The first-order valence-electron chi connectivity index (χ1n) is 4.86. The molecular weight excluding hydrogens is 238 g/mol. The van der Waals surface area contributed by atoms with Crippen molar-refractivity contribution in [1.82, 2.24) is 24.7 Å². The molecule has 0 bridgehead atoms. The predicted molar refractivity (Wildman–Crippen MR) is 66.2 cm³/mol. The lowest BCUT2D eigenvalue weighted by Gasteiger charge is -2.03. The summed E-state index contributed by atoms with van der Waals surface area (Å²) in [5.41, 5.74) is 6.01. The van der Waals surface area contributed by atoms with Crippen LogP contribution >= 0.6 is 12.2 Å². The average Bonchev–Trinajstić information content (AvgIpc) is 2.73. The highest BCUT2D eigenvalue weighted by Gasteiger charge is 2.03. The van der Waals surface area contributed by atoms with Crippen LogP contribution in [-0.4, -0.2) is 29.7 Å². The molecule has 0 aliphatic rings. The van der Waals surface area contributed by atoms with E-state index in [0.29, 0.717) is 24.0 Å². The van der Waals surface area contributed by atoms with E-state index in [1.807, 2.05) is 0 Å². The topological polar surface area (TPSA) is 94.5 Å². The highest BCUT2D eigenvalue weighted by atomic mass is 32.1. The van der Waals surface area contributed by atoms with Gasteiger partial charge in [0.05, 0.1) is 6.54 Å². The monoisotopic (exact) mass is 249 g/mol. The van der Waals surface area contributed by atoms with Crippen molar-refractivity contribution in [2.75, 3.05) is 5.32 Å². The molecule has 88 valence electrons. The highest BCUT2D eigenvalue weighted by Crippen LogP contribution is 2.01. The molecule has 0 aliphatic carbocycles. The maximum Gasteiger partial charge on any atom is 0.223 e. The van der Waals surface area contributed by atoms with Crippen molar-refractivity contribution >= 4 is 23.2 Å². The number of nitrogens with two attached hydrogens (primary N) is 1. The van der Waals surface area contributed by atoms with E-state index < -0.39 is 0 Å². The molecule has 0 saturated heterocycles. The Hall–Kier alpha value is -2.09. The molecule has 0 atom stereocenters. The van der Waals surface area contributed by atoms with Crippen LogP contribution < -0.4 is 11.1 Å². The molecule has 7 nitrogen and oxygen atoms in total. The summed E-state index contributed by atoms with van der Waals surface area (Å²) in [6.45, 7) is 0.446. The van der Waals surface area contributed by atoms with Gasteiger partial charge in [0.15, 0.2) is 5.82 Å². The Kier molecular flexibility index (Phi) is 3.24. The van der Waals surface area contributed by atoms with E-state index in [2.05, 4.69) is 25.4 Å². The summed E-state index contributed by atoms with van der Waals surface area (Å²) in [5, 5.41) is 7.11. The number of nitrogens with zero attached hydrogens (tertiary/aromatic N) is 5. The second-order valence-corrected chi connectivity index (χ2v) is 3.76. The molecule has 0 spiro atoms. The molecule has 0 aromatic carbocycles. The van der Waals surface area contributed by atoms with Gasteiger partial charge in [-0.3, -0.25) is 4.68 Å². The molecule has 2 rings (SSSR count). The van der Waals surface area contributed by atoms with Gasteiger partial charge in [-0.15, -0.1) is 0 Å². The minimum absolute atomic E-state index is 0.242. The van der Waals surface area contributed by atoms with Crippen LogP contribution in [0.5, 0.6) is 0 Å². The zero-order valence-electron chi connectivity index (χ0n) is 9.16. The van der Waals surface area contributed by atoms with Crippen molar-refractivity contribution in [2.45, 2.75) is 6.54 Å². The molecule has 0 fully saturated rings. The van der Waals surface area contributed by atoms with Crippen LogP contribution in [0.4, 0.5) is 5.95 Å². The van der Waals surface area contributed by atoms with Gasteiger partial charge in [0, 0.05) is 13.2 Å². The van der Waals surface area contributed by atoms with E-state index in [0.717, 1.165) is 0 Å². The van der Waals surface area contributed by atoms with E-state index in [1.165, 1.54) is 0 Å². The van der Waals surface area contributed by atoms with Crippen molar-refractivity contribution in [2.24, 2.45) is 12.8 Å². The number of aromatic nitrogens is 5. The van der Waals surface area contributed by atoms with Crippen LogP contribution in [0, 0.1) is 0 Å². The standard InChI is InChI=1S/C9H11N7S/c1-16-5-13-7(15-16)4-12-9-11-3-2-6(14-9)8(10)17/h2-3,5H,4H2,1H3,(H2,10,17)(H,11,12,14). The molecule has 8 heteroatoms. The van der Waals surface area contributed by atoms with Crippen molar-refractivity contribution in [1.29, 1.82) is 0 Å². The fraction of sp³-hybridized carbons (Fsp3) is 0.222. The zero-order chi connectivity index (χ0) is 12.3. The summed E-state index contributed by atoms with van der Waals surface area (Å²) in [6.07, 6.45) is 3.22. The van der Waals surface area contributed by atoms with Crippen molar-refractivity contribution < 1.29 is 0 Å². The van der Waals surface area contributed by atoms with Gasteiger partial charge >= 0.3 is 0 Å². The Morgan fingerprint density at radius 3 is 3.00 bits per heavy atom. The van der Waals surface area contributed by atoms with Gasteiger partial charge < -0.3 is 11.1 Å². The summed E-state index contributed by atoms with van der Waals surface area (Å²) in [5.74, 6) is 1.11. The fourth-order valence-corrected chi connectivity index (χ4v) is 1.32. The van der Waals surface area contributed by atoms with Crippen molar-refractivity contribution in [3.8, 4) is 0 Å². The van der Waals surface area contributed by atoms with Gasteiger partial charge in [0.2, 0.25) is 5.95 Å². The van der Waals surface area contributed by atoms with E-state index >= 15 is 0 Å². The van der Waals surface area contributed by atoms with Crippen LogP contribution in [0.25, 0.3) is 0 Å². The number of anilines is 1. The lowest BCUT2D eigenvalue weighted by atomic mass is 10.4. The number of hydrogen-bond acceptors (Lipinski definition) is 6. The van der Waals surface area contributed by atoms with Gasteiger partial charge in [-0.25, -0.2) is 15.0 Å². The van der Waals surface area contributed by atoms with Crippen molar-refractivity contribution in [3.63, 3.8) is 0 Å². The maximum atomic E-state index is 5.48. The van der Waals surface area contributed by atoms with Crippen LogP contribution in [0.15, 0.2) is 18.6 Å². The molecule has 2 heterocycles. The maximum absolute atomic E-state index is 5.48. The van der Waals surface area contributed by atoms with Gasteiger partial charge in [-0.05, 0) is 6.07 Å². The first kappa shape index (κ1) is 11.4. The molecule has 3 N–H and O–H groups in total. The van der Waals surface area contributed by atoms with Crippen LogP contribution in [0.2, 0.25) is 0 Å². The first-order valence-corrected chi connectivity index (χ1v) is 5.27. The largest absolute Gasteiger partial charge is 0.388 e. The third-order valence-corrected chi connectivity index (χ3v) is 2.17. The highest BCUT2D eigenvalue weighted by molar-refractivity contribution is 7.80. The van der Waals surface area contributed by atoms with Crippen molar-refractivity contribution in [3.05, 3.63) is 30.1 Å². The van der Waals surface area contributed by atoms with Gasteiger partial charge in [0.25, 0.3) is 0 Å². The smallest absolute Gasteiger partial charge is 0.223 e. The minimum Gasteiger partial charge on any atom is -0.388 e. The zero-order valence-corrected chi connectivity index (χ0v) is 9.98. The molecule has 0 radical (unpaired) electrons. The number of thiocarbonyl (C=S) groups is 1. The molecular formula is C9H11N7S. The second kappa shape index (κ2) is 4.83. The summed E-state index contributed by atoms with van der Waals surface area (Å²) in [7, 11) is 1.81. The average molecular weight is 249 g/mol. The predicted octanol–water partition coefficient (Wildman–Crippen LogP) is -0.149. The lowest BCUT2D eigenvalue weighted by molar-refractivity contribution is 0.746. The van der Waals surface area contributed by atoms with Gasteiger partial charge in [0.1, 0.15) is 17.0 Å². The summed E-state index contributed by atoms with van der Waals surface area (Å²) < 4.78 is 1.63. The molecule has 2 aromatic rings. The number of rotatable bonds is 4. The summed E-state index contributed by atoms with van der Waals surface area (Å²) in [4.78, 5) is 12.5. The van der Waals surface area contributed by atoms with Crippen LogP contribution in [0.3, 0.4) is 0 Å². The second-order valence-electron chi connectivity index (χ2n) is 3.32. The SMILES string of the molecule is Cn1cnc(CNc2nccc(C(N)=S)n2)n1. The lowest BCUT2D eigenvalue weighted by Crippen LogP contribution is -2.14. The fourth-order valence-electron chi connectivity index (χ4n) is 1.20. The summed E-state index contributed by atoms with van der Waals surface area (Å²) in [6, 6.07) is 1.66. The summed E-state index contributed by atoms with van der Waals surface area (Å²) >= 11 is 4.83. The molecule has 17 heavy (non-hydrogen) atoms. The Morgan fingerprint density at radius 2 is 2.35 bits per heavy atom. The van der Waals surface area contributed by atoms with Crippen LogP contribution in [-0.2, 0) is 13.6 Å². The van der Waals surface area contributed by atoms with Crippen LogP contribution in [0.1, 0.15) is 11.5 Å². The Balaban J connectivity index is 2.04. The molecule has 0 aliphatic heterocycles. The van der Waals surface area contributed by atoms with E-state index in [4.69, 9.17) is 18.0 Å². The number of hydrogen-bond donors (Lipinski definition) is 2. The third-order valence-electron chi connectivity index (χ3n) is 1.96. The van der Waals surface area contributed by atoms with Gasteiger partial charge in [-0.2, -0.15) is 5.10 Å². The third kappa shape index (κ3) is 2.94. The van der Waals surface area contributed by atoms with E-state index in [9.17, 15) is 0 Å². The number of nitrogens with one attached hydrogen (secondary N) is 1. The first-order chi connectivity index (χ1) is 8.15. The minimum atomic E-state index is 0.242. The normalized spacial score (nSPS) is 10.2. The molecule has 2 aromatic heterocycles.